The molecule has 3 aromatic carbocycles. The summed E-state index contributed by atoms with van der Waals surface area (Å²) in [5.74, 6) is 0. The van der Waals surface area contributed by atoms with Crippen molar-refractivity contribution in [3.63, 3.8) is 0 Å². The zero-order chi connectivity index (χ0) is 23.5. The number of allylic oxidation sites excluding steroid dienone is 1. The van der Waals surface area contributed by atoms with Crippen molar-refractivity contribution < 1.29 is 0 Å². The lowest BCUT2D eigenvalue weighted by molar-refractivity contribution is 1.45. The minimum atomic E-state index is 1.18. The smallest absolute Gasteiger partial charge is 0.0905 e. The second-order valence-electron chi connectivity index (χ2n) is 6.63. The lowest BCUT2D eigenvalue weighted by Crippen LogP contribution is -1.75. The summed E-state index contributed by atoms with van der Waals surface area (Å²) in [6, 6.07) is 26.4. The highest BCUT2D eigenvalue weighted by atomic mass is 14.2. The van der Waals surface area contributed by atoms with E-state index in [2.05, 4.69) is 95.6 Å². The van der Waals surface area contributed by atoms with Crippen molar-refractivity contribution in [2.24, 2.45) is 0 Å². The maximum atomic E-state index is 7.51. The Morgan fingerprint density at radius 1 is 0.645 bits per heavy atom. The van der Waals surface area contributed by atoms with Crippen molar-refractivity contribution in [1.82, 2.24) is 0 Å². The van der Waals surface area contributed by atoms with Crippen molar-refractivity contribution >= 4 is 18.2 Å². The van der Waals surface area contributed by atoms with E-state index >= 15 is 0 Å². The molecule has 0 saturated heterocycles. The highest BCUT2D eigenvalue weighted by Crippen LogP contribution is 2.07. The molecule has 0 aromatic heterocycles. The summed E-state index contributed by atoms with van der Waals surface area (Å²) in [5, 5.41) is 7.51. The van der Waals surface area contributed by atoms with Gasteiger partial charge in [0.25, 0.3) is 0 Å². The number of nitrogens with zero attached hydrogens (tertiary/aromatic N) is 1. The van der Waals surface area contributed by atoms with Crippen LogP contribution in [0.2, 0.25) is 0 Å². The van der Waals surface area contributed by atoms with Gasteiger partial charge in [-0.05, 0) is 43.0 Å². The van der Waals surface area contributed by atoms with Crippen LogP contribution < -0.4 is 0 Å². The molecular weight excluding hydrogens is 374 g/mol. The lowest BCUT2D eigenvalue weighted by Gasteiger charge is -1.95. The molecule has 0 spiro atoms. The summed E-state index contributed by atoms with van der Waals surface area (Å²) < 4.78 is 0. The van der Waals surface area contributed by atoms with Gasteiger partial charge >= 0.3 is 0 Å². The average Bonchev–Trinajstić information content (AvgIpc) is 2.81. The molecule has 0 fully saturated rings. The van der Waals surface area contributed by atoms with E-state index in [4.69, 9.17) is 5.26 Å². The van der Waals surface area contributed by atoms with Crippen molar-refractivity contribution in [1.29, 1.82) is 5.26 Å². The van der Waals surface area contributed by atoms with Gasteiger partial charge in [-0.25, -0.2) is 0 Å². The molecule has 0 saturated carbocycles. The van der Waals surface area contributed by atoms with Gasteiger partial charge in [0.05, 0.1) is 6.07 Å². The van der Waals surface area contributed by atoms with Crippen LogP contribution in [0.4, 0.5) is 0 Å². The third-order valence-electron chi connectivity index (χ3n) is 4.09. The molecule has 3 aromatic rings. The number of hydrogen-bond acceptors (Lipinski definition) is 1. The summed E-state index contributed by atoms with van der Waals surface area (Å²) >= 11 is 0. The summed E-state index contributed by atoms with van der Waals surface area (Å²) in [6.07, 6.45) is 6.75. The van der Waals surface area contributed by atoms with Gasteiger partial charge in [0.15, 0.2) is 0 Å². The van der Waals surface area contributed by atoms with Gasteiger partial charge in [0.1, 0.15) is 0 Å². The molecule has 0 N–H and O–H groups in total. The zero-order valence-electron chi connectivity index (χ0n) is 19.0. The Balaban J connectivity index is 0.000000402. The van der Waals surface area contributed by atoms with Crippen LogP contribution in [-0.2, 0) is 0 Å². The number of hydrogen-bond donors (Lipinski definition) is 0. The molecule has 0 aliphatic heterocycles. The second-order valence-corrected chi connectivity index (χ2v) is 6.63. The average molecular weight is 408 g/mol. The predicted octanol–water partition coefficient (Wildman–Crippen LogP) is 8.61. The van der Waals surface area contributed by atoms with Crippen molar-refractivity contribution in [3.05, 3.63) is 139 Å². The first-order valence-electron chi connectivity index (χ1n) is 9.98. The Kier molecular flexibility index (Phi) is 14.9. The molecule has 3 rings (SSSR count). The topological polar surface area (TPSA) is 23.8 Å². The van der Waals surface area contributed by atoms with E-state index in [1.807, 2.05) is 42.5 Å². The Labute approximate surface area is 189 Å². The van der Waals surface area contributed by atoms with E-state index in [0.29, 0.717) is 0 Å². The largest absolute Gasteiger partial charge is 0.193 e. The van der Waals surface area contributed by atoms with Crippen molar-refractivity contribution in [2.45, 2.75) is 20.8 Å². The summed E-state index contributed by atoms with van der Waals surface area (Å²) in [4.78, 5) is 0. The van der Waals surface area contributed by atoms with Crippen LogP contribution in [0.3, 0.4) is 0 Å². The van der Waals surface area contributed by atoms with E-state index in [0.717, 1.165) is 0 Å². The third kappa shape index (κ3) is 13.0. The number of benzene rings is 3. The van der Waals surface area contributed by atoms with E-state index in [1.165, 1.54) is 39.5 Å². The standard InChI is InChI=1S/3C9H10.C3H3N/c1-3-9-6-4-8(2)5-7-9;1-3-9-6-4-5-8(2)7-9;1-3-9-7-5-4-6-8(9)2;1-2-3-4/h3*3-7H,1H2,2H3;2H,1H2. The van der Waals surface area contributed by atoms with Gasteiger partial charge in [-0.2, -0.15) is 5.26 Å². The molecule has 0 heterocycles. The van der Waals surface area contributed by atoms with Crippen molar-refractivity contribution in [2.75, 3.05) is 0 Å². The quantitative estimate of drug-likeness (QED) is 0.399. The highest BCUT2D eigenvalue weighted by molar-refractivity contribution is 5.51. The van der Waals surface area contributed by atoms with Crippen LogP contribution in [0.1, 0.15) is 33.4 Å². The Morgan fingerprint density at radius 3 is 1.61 bits per heavy atom. The Bertz CT molecular complexity index is 985. The Morgan fingerprint density at radius 2 is 1.23 bits per heavy atom. The SMILES string of the molecule is C=CC#N.C=Cc1ccc(C)cc1.C=Cc1cccc(C)c1.C=Cc1ccccc1C. The molecule has 0 bridgehead atoms. The fraction of sp³-hybridized carbons (Fsp3) is 0.100. The van der Waals surface area contributed by atoms with Crippen LogP contribution in [0.25, 0.3) is 18.2 Å². The highest BCUT2D eigenvalue weighted by Gasteiger charge is 1.87. The first-order chi connectivity index (χ1) is 14.9. The summed E-state index contributed by atoms with van der Waals surface area (Å²) in [7, 11) is 0. The fourth-order valence-corrected chi connectivity index (χ4v) is 2.32. The normalized spacial score (nSPS) is 8.32. The predicted molar refractivity (Wildman–Crippen MR) is 140 cm³/mol. The van der Waals surface area contributed by atoms with E-state index in [1.54, 1.807) is 6.07 Å². The molecule has 0 atom stereocenters. The molecule has 31 heavy (non-hydrogen) atoms. The van der Waals surface area contributed by atoms with E-state index < -0.39 is 0 Å². The van der Waals surface area contributed by atoms with Gasteiger partial charge in [-0.1, -0.05) is 128 Å². The van der Waals surface area contributed by atoms with Gasteiger partial charge < -0.3 is 0 Å². The molecule has 0 aliphatic carbocycles. The van der Waals surface area contributed by atoms with E-state index in [-0.39, 0.29) is 0 Å². The molecule has 158 valence electrons. The minimum Gasteiger partial charge on any atom is -0.193 e. The maximum absolute atomic E-state index is 7.51. The molecule has 0 amide bonds. The van der Waals surface area contributed by atoms with E-state index in [9.17, 15) is 0 Å². The zero-order valence-corrected chi connectivity index (χ0v) is 19.0. The second kappa shape index (κ2) is 17.0. The van der Waals surface area contributed by atoms with Gasteiger partial charge in [0, 0.05) is 6.08 Å². The van der Waals surface area contributed by atoms with Crippen molar-refractivity contribution in [3.8, 4) is 6.07 Å². The molecule has 0 aliphatic rings. The number of rotatable bonds is 3. The third-order valence-corrected chi connectivity index (χ3v) is 4.09. The summed E-state index contributed by atoms with van der Waals surface area (Å²) in [6.45, 7) is 20.4. The van der Waals surface area contributed by atoms with Crippen LogP contribution in [0, 0.1) is 32.1 Å². The van der Waals surface area contributed by atoms with Gasteiger partial charge in [0.2, 0.25) is 0 Å². The van der Waals surface area contributed by atoms with Crippen LogP contribution >= 0.6 is 0 Å². The maximum Gasteiger partial charge on any atom is 0.0905 e. The van der Waals surface area contributed by atoms with Gasteiger partial charge in [-0.3, -0.25) is 0 Å². The molecule has 1 nitrogen and oxygen atoms in total. The Hall–Kier alpha value is -3.89. The monoisotopic (exact) mass is 407 g/mol. The molecule has 0 radical (unpaired) electrons. The molecule has 0 unspecified atom stereocenters. The number of nitriles is 1. The first kappa shape index (κ1) is 27.1. The molecule has 1 heteroatoms. The van der Waals surface area contributed by atoms with Gasteiger partial charge in [-0.15, -0.1) is 0 Å². The first-order valence-corrected chi connectivity index (χ1v) is 9.98. The van der Waals surface area contributed by atoms with Crippen LogP contribution in [-0.4, -0.2) is 0 Å². The summed E-state index contributed by atoms with van der Waals surface area (Å²) in [5.41, 5.74) is 7.45. The lowest BCUT2D eigenvalue weighted by atomic mass is 10.1. The minimum absolute atomic E-state index is 1.18. The molecular formula is C30H33N. The fourth-order valence-electron chi connectivity index (χ4n) is 2.32. The van der Waals surface area contributed by atoms with Crippen LogP contribution in [0.15, 0.2) is 105 Å². The van der Waals surface area contributed by atoms with Crippen LogP contribution in [0.5, 0.6) is 0 Å². The number of aryl methyl sites for hydroxylation is 3.